The zero-order valence-corrected chi connectivity index (χ0v) is 14.1. The van der Waals surface area contributed by atoms with Crippen LogP contribution in [0.25, 0.3) is 0 Å². The fraction of sp³-hybridized carbons (Fsp3) is 0.562. The van der Waals surface area contributed by atoms with Gasteiger partial charge >= 0.3 is 0 Å². The lowest BCUT2D eigenvalue weighted by atomic mass is 9.97. The van der Waals surface area contributed by atoms with Crippen LogP contribution in [0.5, 0.6) is 0 Å². The van der Waals surface area contributed by atoms with Crippen molar-refractivity contribution in [1.29, 1.82) is 0 Å². The summed E-state index contributed by atoms with van der Waals surface area (Å²) in [6.07, 6.45) is 2.82. The van der Waals surface area contributed by atoms with E-state index >= 15 is 0 Å². The number of amides is 1. The lowest BCUT2D eigenvalue weighted by Crippen LogP contribution is -2.39. The predicted molar refractivity (Wildman–Crippen MR) is 85.3 cm³/mol. The number of hydrogen-bond acceptors (Lipinski definition) is 5. The molecule has 6 heteroatoms. The van der Waals surface area contributed by atoms with Crippen molar-refractivity contribution in [2.75, 3.05) is 13.1 Å². The van der Waals surface area contributed by atoms with Crippen molar-refractivity contribution in [1.82, 2.24) is 15.0 Å². The molecule has 118 valence electrons. The molecule has 1 aliphatic heterocycles. The first-order valence-electron chi connectivity index (χ1n) is 7.76. The molecule has 2 aromatic heterocycles. The third-order valence-corrected chi connectivity index (χ3v) is 5.30. The highest BCUT2D eigenvalue weighted by molar-refractivity contribution is 7.09. The molecule has 1 atom stereocenters. The van der Waals surface area contributed by atoms with Gasteiger partial charge in [-0.1, -0.05) is 12.1 Å². The molecule has 3 rings (SSSR count). The van der Waals surface area contributed by atoms with Crippen LogP contribution in [0.1, 0.15) is 58.2 Å². The minimum Gasteiger partial charge on any atom is -0.361 e. The molecule has 22 heavy (non-hydrogen) atoms. The predicted octanol–water partition coefficient (Wildman–Crippen LogP) is 3.33. The van der Waals surface area contributed by atoms with Crippen molar-refractivity contribution in [2.24, 2.45) is 0 Å². The van der Waals surface area contributed by atoms with Crippen LogP contribution in [-0.2, 0) is 6.42 Å². The molecule has 1 aliphatic rings. The van der Waals surface area contributed by atoms with Crippen molar-refractivity contribution in [3.05, 3.63) is 33.1 Å². The Bertz CT molecular complexity index is 677. The number of nitrogens with zero attached hydrogens (tertiary/aromatic N) is 3. The first kappa shape index (κ1) is 15.2. The van der Waals surface area contributed by atoms with Gasteiger partial charge in [-0.2, -0.15) is 0 Å². The Labute approximate surface area is 134 Å². The van der Waals surface area contributed by atoms with E-state index in [-0.39, 0.29) is 5.91 Å². The van der Waals surface area contributed by atoms with Crippen molar-refractivity contribution >= 4 is 17.2 Å². The minimum atomic E-state index is 0.0496. The maximum atomic E-state index is 12.9. The average molecular weight is 319 g/mol. The number of hydrogen-bond donors (Lipinski definition) is 0. The molecule has 0 spiro atoms. The molecule has 1 saturated heterocycles. The number of carbonyl (C=O) groups excluding carboxylic acids is 1. The first-order chi connectivity index (χ1) is 10.6. The van der Waals surface area contributed by atoms with Gasteiger partial charge in [0.2, 0.25) is 0 Å². The zero-order valence-electron chi connectivity index (χ0n) is 13.3. The fourth-order valence-corrected chi connectivity index (χ4v) is 3.94. The van der Waals surface area contributed by atoms with E-state index in [0.29, 0.717) is 23.7 Å². The second kappa shape index (κ2) is 6.20. The summed E-state index contributed by atoms with van der Waals surface area (Å²) >= 11 is 1.70. The SMILES string of the molecule is CCc1noc(C)c1C(=O)N1CCCC(c2nc(C)cs2)C1. The third kappa shape index (κ3) is 2.79. The van der Waals surface area contributed by atoms with E-state index < -0.39 is 0 Å². The van der Waals surface area contributed by atoms with Crippen LogP contribution in [0.2, 0.25) is 0 Å². The Kier molecular flexibility index (Phi) is 4.29. The van der Waals surface area contributed by atoms with Crippen LogP contribution < -0.4 is 0 Å². The van der Waals surface area contributed by atoms with Crippen LogP contribution >= 0.6 is 11.3 Å². The molecule has 0 radical (unpaired) electrons. The maximum Gasteiger partial charge on any atom is 0.259 e. The van der Waals surface area contributed by atoms with Crippen LogP contribution in [0.15, 0.2) is 9.90 Å². The van der Waals surface area contributed by atoms with Gasteiger partial charge in [0.25, 0.3) is 5.91 Å². The highest BCUT2D eigenvalue weighted by Gasteiger charge is 2.30. The molecular formula is C16H21N3O2S. The number of carbonyl (C=O) groups is 1. The summed E-state index contributed by atoms with van der Waals surface area (Å²) in [6.45, 7) is 7.35. The quantitative estimate of drug-likeness (QED) is 0.870. The summed E-state index contributed by atoms with van der Waals surface area (Å²) in [6, 6.07) is 0. The number of rotatable bonds is 3. The van der Waals surface area contributed by atoms with E-state index in [2.05, 4.69) is 15.5 Å². The van der Waals surface area contributed by atoms with Crippen LogP contribution in [0.3, 0.4) is 0 Å². The Hall–Kier alpha value is -1.69. The Morgan fingerprint density at radius 2 is 2.32 bits per heavy atom. The van der Waals surface area contributed by atoms with E-state index in [9.17, 15) is 4.79 Å². The highest BCUT2D eigenvalue weighted by Crippen LogP contribution is 2.30. The molecule has 1 fully saturated rings. The van der Waals surface area contributed by atoms with Crippen molar-refractivity contribution in [3.63, 3.8) is 0 Å². The Morgan fingerprint density at radius 1 is 1.50 bits per heavy atom. The summed E-state index contributed by atoms with van der Waals surface area (Å²) in [7, 11) is 0. The van der Waals surface area contributed by atoms with Crippen LogP contribution in [0, 0.1) is 13.8 Å². The minimum absolute atomic E-state index is 0.0496. The van der Waals surface area contributed by atoms with E-state index in [1.165, 1.54) is 0 Å². The summed E-state index contributed by atoms with van der Waals surface area (Å²) in [5, 5.41) is 7.22. The van der Waals surface area contributed by atoms with Gasteiger partial charge in [-0.15, -0.1) is 11.3 Å². The number of likely N-dealkylation sites (tertiary alicyclic amines) is 1. The lowest BCUT2D eigenvalue weighted by Gasteiger charge is -2.31. The molecule has 2 aromatic rings. The normalized spacial score (nSPS) is 18.7. The van der Waals surface area contributed by atoms with E-state index in [1.807, 2.05) is 25.7 Å². The van der Waals surface area contributed by atoms with Gasteiger partial charge < -0.3 is 9.42 Å². The van der Waals surface area contributed by atoms with E-state index in [4.69, 9.17) is 4.52 Å². The molecule has 5 nitrogen and oxygen atoms in total. The van der Waals surface area contributed by atoms with Crippen molar-refractivity contribution < 1.29 is 9.32 Å². The summed E-state index contributed by atoms with van der Waals surface area (Å²) in [5.74, 6) is 1.02. The number of aryl methyl sites for hydroxylation is 3. The summed E-state index contributed by atoms with van der Waals surface area (Å²) in [4.78, 5) is 19.4. The topological polar surface area (TPSA) is 59.2 Å². The molecule has 0 saturated carbocycles. The summed E-state index contributed by atoms with van der Waals surface area (Å²) < 4.78 is 5.21. The molecule has 0 N–H and O–H groups in total. The lowest BCUT2D eigenvalue weighted by molar-refractivity contribution is 0.0704. The van der Waals surface area contributed by atoms with Crippen molar-refractivity contribution in [3.8, 4) is 0 Å². The zero-order chi connectivity index (χ0) is 15.7. The monoisotopic (exact) mass is 319 g/mol. The van der Waals surface area contributed by atoms with Gasteiger partial charge in [0.15, 0.2) is 0 Å². The molecule has 3 heterocycles. The average Bonchev–Trinajstić information content (AvgIpc) is 3.12. The number of thiazole rings is 1. The van der Waals surface area contributed by atoms with Gasteiger partial charge in [0.1, 0.15) is 11.3 Å². The maximum absolute atomic E-state index is 12.9. The molecule has 0 bridgehead atoms. The van der Waals surface area contributed by atoms with Gasteiger partial charge in [0, 0.05) is 30.1 Å². The highest BCUT2D eigenvalue weighted by atomic mass is 32.1. The van der Waals surface area contributed by atoms with Crippen LogP contribution in [0.4, 0.5) is 0 Å². The van der Waals surface area contributed by atoms with Gasteiger partial charge in [-0.25, -0.2) is 4.98 Å². The molecule has 0 aliphatic carbocycles. The van der Waals surface area contributed by atoms with Gasteiger partial charge in [-0.05, 0) is 33.1 Å². The van der Waals surface area contributed by atoms with Crippen molar-refractivity contribution in [2.45, 2.75) is 46.0 Å². The second-order valence-electron chi connectivity index (χ2n) is 5.83. The standard InChI is InChI=1S/C16H21N3O2S/c1-4-13-14(11(3)21-18-13)16(20)19-7-5-6-12(8-19)15-17-10(2)9-22-15/h9,12H,4-8H2,1-3H3. The number of aromatic nitrogens is 2. The smallest absolute Gasteiger partial charge is 0.259 e. The van der Waals surface area contributed by atoms with Crippen LogP contribution in [-0.4, -0.2) is 34.0 Å². The van der Waals surface area contributed by atoms with Gasteiger partial charge in [0.05, 0.1) is 10.7 Å². The second-order valence-corrected chi connectivity index (χ2v) is 6.72. The Balaban J connectivity index is 1.79. The van der Waals surface area contributed by atoms with E-state index in [0.717, 1.165) is 42.3 Å². The Morgan fingerprint density at radius 3 is 3.00 bits per heavy atom. The first-order valence-corrected chi connectivity index (χ1v) is 8.64. The molecule has 0 aromatic carbocycles. The molecule has 1 amide bonds. The number of piperidine rings is 1. The fourth-order valence-electron chi connectivity index (χ4n) is 3.01. The largest absolute Gasteiger partial charge is 0.361 e. The molecular weight excluding hydrogens is 298 g/mol. The third-order valence-electron chi connectivity index (χ3n) is 4.18. The molecule has 1 unspecified atom stereocenters. The van der Waals surface area contributed by atoms with Gasteiger partial charge in [-0.3, -0.25) is 4.79 Å². The summed E-state index contributed by atoms with van der Waals surface area (Å²) in [5.41, 5.74) is 2.47. The van der Waals surface area contributed by atoms with E-state index in [1.54, 1.807) is 11.3 Å².